The highest BCUT2D eigenvalue weighted by Gasteiger charge is 2.34. The molecular weight excluding hydrogens is 434 g/mol. The largest absolute Gasteiger partial charge is 0.488 e. The van der Waals surface area contributed by atoms with Crippen LogP contribution in [0.4, 0.5) is 8.78 Å². The molecule has 1 aliphatic heterocycles. The molecule has 0 unspecified atom stereocenters. The molecule has 1 aromatic rings. The number of aliphatic hydroxyl groups is 1. The van der Waals surface area contributed by atoms with E-state index in [1.165, 1.54) is 32.6 Å². The lowest BCUT2D eigenvalue weighted by Gasteiger charge is -2.37. The van der Waals surface area contributed by atoms with Gasteiger partial charge in [0.1, 0.15) is 12.4 Å². The van der Waals surface area contributed by atoms with Gasteiger partial charge in [-0.25, -0.2) is 8.78 Å². The minimum Gasteiger partial charge on any atom is -0.488 e. The SMILES string of the molecule is CC(=O)N[C@@H](Cc1cccc(OCC(F)F)c1)[C@H](O)[C@H]1CO[C@@H](OCC2(C)CCCC2)CN1. The molecule has 1 aromatic carbocycles. The predicted octanol–water partition coefficient (Wildman–Crippen LogP) is 2.65. The lowest BCUT2D eigenvalue weighted by atomic mass is 9.90. The molecule has 33 heavy (non-hydrogen) atoms. The molecule has 9 heteroatoms. The fourth-order valence-electron chi connectivity index (χ4n) is 4.54. The number of hydrogen-bond acceptors (Lipinski definition) is 6. The maximum atomic E-state index is 12.4. The Balaban J connectivity index is 1.53. The van der Waals surface area contributed by atoms with E-state index in [2.05, 4.69) is 17.6 Å². The smallest absolute Gasteiger partial charge is 0.272 e. The molecule has 3 rings (SSSR count). The van der Waals surface area contributed by atoms with Crippen molar-refractivity contribution < 1.29 is 32.9 Å². The van der Waals surface area contributed by atoms with Gasteiger partial charge in [-0.1, -0.05) is 31.9 Å². The molecule has 1 amide bonds. The number of nitrogens with one attached hydrogen (secondary N) is 2. The molecule has 2 fully saturated rings. The molecular formula is C24H36F2N2O5. The van der Waals surface area contributed by atoms with Gasteiger partial charge >= 0.3 is 0 Å². The summed E-state index contributed by atoms with van der Waals surface area (Å²) >= 11 is 0. The normalized spacial score (nSPS) is 24.4. The summed E-state index contributed by atoms with van der Waals surface area (Å²) in [5.74, 6) is 0.0471. The molecule has 4 atom stereocenters. The molecule has 1 saturated carbocycles. The second-order valence-corrected chi connectivity index (χ2v) is 9.46. The van der Waals surface area contributed by atoms with Gasteiger partial charge in [-0.15, -0.1) is 0 Å². The van der Waals surface area contributed by atoms with Crippen molar-refractivity contribution in [2.45, 2.75) is 76.9 Å². The van der Waals surface area contributed by atoms with Gasteiger partial charge in [0.2, 0.25) is 5.91 Å². The zero-order valence-corrected chi connectivity index (χ0v) is 19.4. The predicted molar refractivity (Wildman–Crippen MR) is 119 cm³/mol. The maximum absolute atomic E-state index is 12.4. The number of amides is 1. The highest BCUT2D eigenvalue weighted by Crippen LogP contribution is 2.37. The van der Waals surface area contributed by atoms with Crippen LogP contribution < -0.4 is 15.4 Å². The van der Waals surface area contributed by atoms with Gasteiger partial charge < -0.3 is 30.0 Å². The Morgan fingerprint density at radius 2 is 2.12 bits per heavy atom. The average Bonchev–Trinajstić information content (AvgIpc) is 3.22. The summed E-state index contributed by atoms with van der Waals surface area (Å²) in [6, 6.07) is 5.75. The molecule has 3 N–H and O–H groups in total. The van der Waals surface area contributed by atoms with Gasteiger partial charge in [-0.2, -0.15) is 0 Å². The number of carbonyl (C=O) groups excluding carboxylic acids is 1. The maximum Gasteiger partial charge on any atom is 0.272 e. The molecule has 0 bridgehead atoms. The van der Waals surface area contributed by atoms with Crippen LogP contribution in [0.25, 0.3) is 0 Å². The van der Waals surface area contributed by atoms with Gasteiger partial charge in [-0.3, -0.25) is 4.79 Å². The molecule has 1 aliphatic carbocycles. The van der Waals surface area contributed by atoms with E-state index in [4.69, 9.17) is 14.2 Å². The summed E-state index contributed by atoms with van der Waals surface area (Å²) < 4.78 is 41.7. The Hall–Kier alpha value is -1.81. The lowest BCUT2D eigenvalue weighted by Crippen LogP contribution is -2.59. The van der Waals surface area contributed by atoms with Crippen molar-refractivity contribution in [3.63, 3.8) is 0 Å². The first-order valence-corrected chi connectivity index (χ1v) is 11.7. The Labute approximate surface area is 194 Å². The van der Waals surface area contributed by atoms with Crippen molar-refractivity contribution >= 4 is 5.91 Å². The number of morpholine rings is 1. The number of hydrogen-bond donors (Lipinski definition) is 3. The van der Waals surface area contributed by atoms with E-state index in [0.29, 0.717) is 25.3 Å². The average molecular weight is 471 g/mol. The van der Waals surface area contributed by atoms with Gasteiger partial charge in [0.15, 0.2) is 6.29 Å². The molecule has 1 heterocycles. The van der Waals surface area contributed by atoms with Crippen LogP contribution in [-0.4, -0.2) is 68.3 Å². The highest BCUT2D eigenvalue weighted by molar-refractivity contribution is 5.73. The summed E-state index contributed by atoms with van der Waals surface area (Å²) in [5, 5.41) is 17.1. The van der Waals surface area contributed by atoms with Crippen LogP contribution in [0.2, 0.25) is 0 Å². The first-order valence-electron chi connectivity index (χ1n) is 11.7. The lowest BCUT2D eigenvalue weighted by molar-refractivity contribution is -0.184. The van der Waals surface area contributed by atoms with Crippen LogP contribution in [-0.2, 0) is 20.7 Å². The molecule has 2 aliphatic rings. The minimum atomic E-state index is -2.56. The van der Waals surface area contributed by atoms with Crippen LogP contribution in [0.3, 0.4) is 0 Å². The zero-order valence-electron chi connectivity index (χ0n) is 19.4. The highest BCUT2D eigenvalue weighted by atomic mass is 19.3. The summed E-state index contributed by atoms with van der Waals surface area (Å²) in [5.41, 5.74) is 0.964. The summed E-state index contributed by atoms with van der Waals surface area (Å²) in [6.45, 7) is 4.30. The van der Waals surface area contributed by atoms with Crippen LogP contribution in [0, 0.1) is 5.41 Å². The third-order valence-electron chi connectivity index (χ3n) is 6.38. The van der Waals surface area contributed by atoms with Crippen LogP contribution in [0.1, 0.15) is 45.1 Å². The monoisotopic (exact) mass is 470 g/mol. The molecule has 0 spiro atoms. The number of rotatable bonds is 11. The number of benzene rings is 1. The first-order chi connectivity index (χ1) is 15.7. The number of ether oxygens (including phenoxy) is 3. The van der Waals surface area contributed by atoms with Gasteiger partial charge in [0, 0.05) is 13.5 Å². The third-order valence-corrected chi connectivity index (χ3v) is 6.38. The van der Waals surface area contributed by atoms with Crippen molar-refractivity contribution in [3.05, 3.63) is 29.8 Å². The van der Waals surface area contributed by atoms with E-state index in [-0.39, 0.29) is 30.3 Å². The fourth-order valence-corrected chi connectivity index (χ4v) is 4.54. The number of alkyl halides is 2. The Morgan fingerprint density at radius 3 is 2.76 bits per heavy atom. The van der Waals surface area contributed by atoms with Gasteiger partial charge in [0.25, 0.3) is 6.43 Å². The van der Waals surface area contributed by atoms with Crippen molar-refractivity contribution in [1.29, 1.82) is 0 Å². The Bertz CT molecular complexity index is 752. The van der Waals surface area contributed by atoms with Crippen molar-refractivity contribution in [2.24, 2.45) is 5.41 Å². The fraction of sp³-hybridized carbons (Fsp3) is 0.708. The van der Waals surface area contributed by atoms with Crippen molar-refractivity contribution in [3.8, 4) is 5.75 Å². The molecule has 186 valence electrons. The van der Waals surface area contributed by atoms with E-state index >= 15 is 0 Å². The van der Waals surface area contributed by atoms with Crippen LogP contribution in [0.15, 0.2) is 24.3 Å². The molecule has 0 radical (unpaired) electrons. The molecule has 1 saturated heterocycles. The Morgan fingerprint density at radius 1 is 1.36 bits per heavy atom. The molecule has 0 aromatic heterocycles. The zero-order chi connectivity index (χ0) is 23.8. The van der Waals surface area contributed by atoms with E-state index in [9.17, 15) is 18.7 Å². The number of carbonyl (C=O) groups is 1. The number of aliphatic hydroxyl groups excluding tert-OH is 1. The quantitative estimate of drug-likeness (QED) is 0.461. The van der Waals surface area contributed by atoms with E-state index in [1.54, 1.807) is 24.3 Å². The Kier molecular flexibility index (Phi) is 9.43. The van der Waals surface area contributed by atoms with E-state index in [0.717, 1.165) is 5.56 Å². The van der Waals surface area contributed by atoms with Crippen molar-refractivity contribution in [1.82, 2.24) is 10.6 Å². The first kappa shape index (κ1) is 25.8. The number of halogens is 2. The van der Waals surface area contributed by atoms with Crippen LogP contribution >= 0.6 is 0 Å². The summed E-state index contributed by atoms with van der Waals surface area (Å²) in [6.07, 6.45) is 1.27. The van der Waals surface area contributed by atoms with Gasteiger partial charge in [-0.05, 0) is 42.4 Å². The standard InChI is InChI=1S/C24H36F2N2O5/c1-16(29)28-19(11-17-6-5-7-18(10-17)31-14-21(25)26)23(30)20-13-32-22(12-27-20)33-15-24(2)8-3-4-9-24/h5-7,10,19-23,27,30H,3-4,8-9,11-15H2,1-2H3,(H,28,29)/t19-,20+,22-,23-/m0/s1. The second kappa shape index (κ2) is 12.1. The van der Waals surface area contributed by atoms with Gasteiger partial charge in [0.05, 0.1) is 31.4 Å². The summed E-state index contributed by atoms with van der Waals surface area (Å²) in [4.78, 5) is 11.8. The third kappa shape index (κ3) is 8.17. The van der Waals surface area contributed by atoms with E-state index in [1.807, 2.05) is 0 Å². The molecule has 7 nitrogen and oxygen atoms in total. The topological polar surface area (TPSA) is 89.1 Å². The van der Waals surface area contributed by atoms with E-state index < -0.39 is 25.2 Å². The van der Waals surface area contributed by atoms with Crippen LogP contribution in [0.5, 0.6) is 5.75 Å². The second-order valence-electron chi connectivity index (χ2n) is 9.46. The van der Waals surface area contributed by atoms with Crippen molar-refractivity contribution in [2.75, 3.05) is 26.4 Å². The minimum absolute atomic E-state index is 0.212. The summed E-state index contributed by atoms with van der Waals surface area (Å²) in [7, 11) is 0.